The Hall–Kier alpha value is -1.36. The molecule has 0 saturated heterocycles. The molecule has 0 aliphatic heterocycles. The van der Waals surface area contributed by atoms with Crippen molar-refractivity contribution in [3.8, 4) is 0 Å². The summed E-state index contributed by atoms with van der Waals surface area (Å²) in [6, 6.07) is 2.49. The lowest BCUT2D eigenvalue weighted by Crippen LogP contribution is -2.18. The predicted octanol–water partition coefficient (Wildman–Crippen LogP) is 4.73. The first kappa shape index (κ1) is 15.0. The molecule has 0 aromatic heterocycles. The molecule has 0 fully saturated rings. The van der Waals surface area contributed by atoms with E-state index in [-0.39, 0.29) is 5.56 Å². The number of rotatable bonds is 2. The molecule has 1 aromatic carbocycles. The van der Waals surface area contributed by atoms with Crippen LogP contribution in [0.2, 0.25) is 0 Å². The third-order valence-electron chi connectivity index (χ3n) is 3.64. The van der Waals surface area contributed by atoms with E-state index in [2.05, 4.69) is 0 Å². The summed E-state index contributed by atoms with van der Waals surface area (Å²) in [5.41, 5.74) is 5.48. The molecule has 1 nitrogen and oxygen atoms in total. The lowest BCUT2D eigenvalue weighted by atomic mass is 9.94. The Morgan fingerprint density at radius 1 is 1.10 bits per heavy atom. The van der Waals surface area contributed by atoms with Gasteiger partial charge in [-0.3, -0.25) is 0 Å². The van der Waals surface area contributed by atoms with Crippen molar-refractivity contribution in [2.45, 2.75) is 44.3 Å². The quantitative estimate of drug-likeness (QED) is 0.617. The van der Waals surface area contributed by atoms with E-state index in [1.54, 1.807) is 0 Å². The van der Waals surface area contributed by atoms with Crippen LogP contribution >= 0.6 is 0 Å². The molecule has 1 atom stereocenters. The average molecular weight is 287 g/mol. The van der Waals surface area contributed by atoms with Crippen LogP contribution in [0.4, 0.5) is 17.6 Å². The zero-order valence-electron chi connectivity index (χ0n) is 11.0. The minimum atomic E-state index is -4.70. The number of nitrogens with two attached hydrogens (primary N) is 1. The maximum Gasteiger partial charge on any atom is 0.419 e. The first-order valence-corrected chi connectivity index (χ1v) is 6.71. The first-order valence-electron chi connectivity index (χ1n) is 6.71. The van der Waals surface area contributed by atoms with E-state index in [9.17, 15) is 17.6 Å². The second-order valence-electron chi connectivity index (χ2n) is 5.06. The molecule has 5 heteroatoms. The smallest absolute Gasteiger partial charge is 0.320 e. The van der Waals surface area contributed by atoms with Crippen LogP contribution in [0.15, 0.2) is 29.8 Å². The van der Waals surface area contributed by atoms with Crippen molar-refractivity contribution < 1.29 is 17.6 Å². The van der Waals surface area contributed by atoms with Crippen molar-refractivity contribution in [1.82, 2.24) is 0 Å². The van der Waals surface area contributed by atoms with Crippen LogP contribution in [0, 0.1) is 5.82 Å². The van der Waals surface area contributed by atoms with Gasteiger partial charge in [0.15, 0.2) is 0 Å². The van der Waals surface area contributed by atoms with E-state index < -0.39 is 23.6 Å². The Bertz CT molecular complexity index is 505. The largest absolute Gasteiger partial charge is 0.419 e. The van der Waals surface area contributed by atoms with Gasteiger partial charge in [0.25, 0.3) is 0 Å². The van der Waals surface area contributed by atoms with Gasteiger partial charge >= 0.3 is 6.18 Å². The van der Waals surface area contributed by atoms with Gasteiger partial charge in [-0.15, -0.1) is 0 Å². The Morgan fingerprint density at radius 2 is 1.85 bits per heavy atom. The zero-order chi connectivity index (χ0) is 14.8. The Kier molecular flexibility index (Phi) is 4.48. The van der Waals surface area contributed by atoms with Crippen molar-refractivity contribution in [3.05, 3.63) is 46.8 Å². The highest BCUT2D eigenvalue weighted by Gasteiger charge is 2.35. The van der Waals surface area contributed by atoms with Gasteiger partial charge in [-0.1, -0.05) is 30.2 Å². The molecule has 2 N–H and O–H groups in total. The van der Waals surface area contributed by atoms with E-state index in [0.717, 1.165) is 43.7 Å². The highest BCUT2D eigenvalue weighted by Crippen LogP contribution is 2.36. The molecule has 0 spiro atoms. The second-order valence-corrected chi connectivity index (χ2v) is 5.06. The van der Waals surface area contributed by atoms with E-state index in [1.165, 1.54) is 12.1 Å². The van der Waals surface area contributed by atoms with Crippen molar-refractivity contribution in [2.24, 2.45) is 5.73 Å². The molecule has 20 heavy (non-hydrogen) atoms. The summed E-state index contributed by atoms with van der Waals surface area (Å²) in [5, 5.41) is 0. The fraction of sp³-hybridized carbons (Fsp3) is 0.467. The summed E-state index contributed by atoms with van der Waals surface area (Å²) >= 11 is 0. The van der Waals surface area contributed by atoms with Gasteiger partial charge in [0.1, 0.15) is 5.82 Å². The predicted molar refractivity (Wildman–Crippen MR) is 69.5 cm³/mol. The number of allylic oxidation sites excluding steroid dienone is 1. The van der Waals surface area contributed by atoms with Gasteiger partial charge < -0.3 is 5.73 Å². The number of hydrogen-bond donors (Lipinski definition) is 1. The van der Waals surface area contributed by atoms with E-state index in [4.69, 9.17) is 5.73 Å². The maximum absolute atomic E-state index is 14.0. The van der Waals surface area contributed by atoms with Crippen LogP contribution in [0.25, 0.3) is 0 Å². The van der Waals surface area contributed by atoms with Gasteiger partial charge in [0, 0.05) is 5.56 Å². The van der Waals surface area contributed by atoms with Crippen LogP contribution in [-0.4, -0.2) is 0 Å². The summed E-state index contributed by atoms with van der Waals surface area (Å²) in [6.07, 6.45) is 1.87. The minimum absolute atomic E-state index is 0.0759. The second kappa shape index (κ2) is 5.95. The van der Waals surface area contributed by atoms with Gasteiger partial charge in [0.05, 0.1) is 11.6 Å². The maximum atomic E-state index is 14.0. The van der Waals surface area contributed by atoms with Gasteiger partial charge in [-0.2, -0.15) is 13.2 Å². The third kappa shape index (κ3) is 3.20. The molecule has 1 unspecified atom stereocenters. The Balaban J connectivity index is 2.35. The molecule has 110 valence electrons. The standard InChI is InChI=1S/C15H17F4N/c16-13-11(8-5-9-12(13)15(17,18)19)14(20)10-6-3-1-2-4-7-10/h5-6,8-9,14H,1-4,7,20H2. The molecule has 0 saturated carbocycles. The van der Waals surface area contributed by atoms with E-state index in [1.807, 2.05) is 6.08 Å². The highest BCUT2D eigenvalue weighted by atomic mass is 19.4. The number of hydrogen-bond acceptors (Lipinski definition) is 1. The molecule has 1 aromatic rings. The monoisotopic (exact) mass is 287 g/mol. The van der Waals surface area contributed by atoms with Crippen LogP contribution in [-0.2, 0) is 6.18 Å². The normalized spacial score (nSPS) is 18.4. The minimum Gasteiger partial charge on any atom is -0.320 e. The topological polar surface area (TPSA) is 26.0 Å². The molecular formula is C15H17F4N. The van der Waals surface area contributed by atoms with Crippen LogP contribution in [0.3, 0.4) is 0 Å². The number of alkyl halides is 3. The molecule has 0 radical (unpaired) electrons. The highest BCUT2D eigenvalue weighted by molar-refractivity contribution is 5.34. The van der Waals surface area contributed by atoms with Gasteiger partial charge in [0.2, 0.25) is 0 Å². The summed E-state index contributed by atoms with van der Waals surface area (Å²) in [6.45, 7) is 0. The molecule has 0 heterocycles. The van der Waals surface area contributed by atoms with Gasteiger partial charge in [-0.05, 0) is 31.7 Å². The van der Waals surface area contributed by atoms with Crippen LogP contribution in [0.5, 0.6) is 0 Å². The molecule has 1 aliphatic carbocycles. The van der Waals surface area contributed by atoms with Crippen molar-refractivity contribution in [3.63, 3.8) is 0 Å². The molecular weight excluding hydrogens is 270 g/mol. The van der Waals surface area contributed by atoms with Crippen LogP contribution < -0.4 is 5.73 Å². The summed E-state index contributed by atoms with van der Waals surface area (Å²) in [4.78, 5) is 0. The van der Waals surface area contributed by atoms with Crippen molar-refractivity contribution >= 4 is 0 Å². The molecule has 0 bridgehead atoms. The van der Waals surface area contributed by atoms with Crippen LogP contribution in [0.1, 0.15) is 49.3 Å². The number of halogens is 4. The number of benzene rings is 1. The summed E-state index contributed by atoms with van der Waals surface area (Å²) < 4.78 is 52.2. The van der Waals surface area contributed by atoms with E-state index in [0.29, 0.717) is 0 Å². The zero-order valence-corrected chi connectivity index (χ0v) is 11.0. The fourth-order valence-electron chi connectivity index (χ4n) is 2.53. The average Bonchev–Trinajstić information content (AvgIpc) is 2.65. The van der Waals surface area contributed by atoms with E-state index >= 15 is 0 Å². The lowest BCUT2D eigenvalue weighted by molar-refractivity contribution is -0.140. The van der Waals surface area contributed by atoms with Crippen molar-refractivity contribution in [2.75, 3.05) is 0 Å². The summed E-state index contributed by atoms with van der Waals surface area (Å²) in [7, 11) is 0. The molecule has 0 amide bonds. The van der Waals surface area contributed by atoms with Crippen molar-refractivity contribution in [1.29, 1.82) is 0 Å². The Labute approximate surface area is 115 Å². The lowest BCUT2D eigenvalue weighted by Gasteiger charge is -2.18. The summed E-state index contributed by atoms with van der Waals surface area (Å²) in [5.74, 6) is -1.25. The SMILES string of the molecule is NC(C1=CCCCCC1)c1cccc(C(F)(F)F)c1F. The third-order valence-corrected chi connectivity index (χ3v) is 3.64. The Morgan fingerprint density at radius 3 is 2.55 bits per heavy atom. The first-order chi connectivity index (χ1) is 9.41. The molecule has 1 aliphatic rings. The van der Waals surface area contributed by atoms with Gasteiger partial charge in [-0.25, -0.2) is 4.39 Å². The molecule has 2 rings (SSSR count). The fourth-order valence-corrected chi connectivity index (χ4v) is 2.53.